The lowest BCUT2D eigenvalue weighted by molar-refractivity contribution is -0.0549. The Bertz CT molecular complexity index is 703. The second kappa shape index (κ2) is 5.98. The van der Waals surface area contributed by atoms with Crippen molar-refractivity contribution in [3.8, 4) is 11.1 Å². The number of aliphatic hydroxyl groups is 3. The van der Waals surface area contributed by atoms with Gasteiger partial charge in [0.05, 0.1) is 6.61 Å². The summed E-state index contributed by atoms with van der Waals surface area (Å²) in [6.45, 7) is -0.449. The molecule has 0 radical (unpaired) electrons. The van der Waals surface area contributed by atoms with E-state index in [1.165, 1.54) is 12.4 Å². The lowest BCUT2D eigenvalue weighted by Gasteiger charge is -2.17. The van der Waals surface area contributed by atoms with Gasteiger partial charge in [-0.15, -0.1) is 0 Å². The fourth-order valence-electron chi connectivity index (χ4n) is 2.50. The third-order valence-electron chi connectivity index (χ3n) is 3.71. The maximum absolute atomic E-state index is 12.0. The van der Waals surface area contributed by atoms with E-state index in [1.807, 2.05) is 30.3 Å². The van der Waals surface area contributed by atoms with Crippen LogP contribution in [0.1, 0.15) is 6.23 Å². The van der Waals surface area contributed by atoms with Crippen molar-refractivity contribution in [2.45, 2.75) is 24.5 Å². The van der Waals surface area contributed by atoms with E-state index in [-0.39, 0.29) is 0 Å². The third kappa shape index (κ3) is 2.55. The smallest absolute Gasteiger partial charge is 0.349 e. The highest BCUT2D eigenvalue weighted by Crippen LogP contribution is 2.29. The van der Waals surface area contributed by atoms with Crippen LogP contribution in [0.5, 0.6) is 0 Å². The van der Waals surface area contributed by atoms with Crippen LogP contribution in [0.25, 0.3) is 11.1 Å². The minimum atomic E-state index is -1.32. The first-order valence-electron chi connectivity index (χ1n) is 6.88. The van der Waals surface area contributed by atoms with Gasteiger partial charge in [0.1, 0.15) is 18.3 Å². The number of benzene rings is 1. The maximum atomic E-state index is 12.0. The van der Waals surface area contributed by atoms with E-state index in [0.717, 1.165) is 10.1 Å². The van der Waals surface area contributed by atoms with Crippen LogP contribution < -0.4 is 5.69 Å². The van der Waals surface area contributed by atoms with Crippen molar-refractivity contribution in [1.82, 2.24) is 9.55 Å². The number of hydrogen-bond donors (Lipinski definition) is 3. The van der Waals surface area contributed by atoms with Crippen LogP contribution in [-0.4, -0.2) is 49.8 Å². The van der Waals surface area contributed by atoms with Crippen LogP contribution in [0.4, 0.5) is 0 Å². The summed E-state index contributed by atoms with van der Waals surface area (Å²) in [4.78, 5) is 15.7. The zero-order valence-corrected chi connectivity index (χ0v) is 11.6. The Morgan fingerprint density at radius 3 is 2.50 bits per heavy atom. The highest BCUT2D eigenvalue weighted by atomic mass is 16.6. The molecule has 0 spiro atoms. The summed E-state index contributed by atoms with van der Waals surface area (Å²) in [6.07, 6.45) is -1.64. The molecule has 116 valence electrons. The molecule has 0 unspecified atom stereocenters. The van der Waals surface area contributed by atoms with Crippen LogP contribution in [0.15, 0.2) is 47.5 Å². The summed E-state index contributed by atoms with van der Waals surface area (Å²) < 4.78 is 6.50. The van der Waals surface area contributed by atoms with Gasteiger partial charge in [0.2, 0.25) is 0 Å². The van der Waals surface area contributed by atoms with E-state index in [1.54, 1.807) is 0 Å². The first-order chi connectivity index (χ1) is 10.6. The van der Waals surface area contributed by atoms with Gasteiger partial charge >= 0.3 is 5.69 Å². The van der Waals surface area contributed by atoms with Crippen molar-refractivity contribution in [2.75, 3.05) is 6.61 Å². The van der Waals surface area contributed by atoms with Gasteiger partial charge in [-0.1, -0.05) is 30.3 Å². The highest BCUT2D eigenvalue weighted by Gasteiger charge is 2.43. The largest absolute Gasteiger partial charge is 0.394 e. The molecule has 4 atom stereocenters. The molecular weight excluding hydrogens is 288 g/mol. The average molecular weight is 304 g/mol. The van der Waals surface area contributed by atoms with Crippen molar-refractivity contribution in [2.24, 2.45) is 0 Å². The zero-order valence-electron chi connectivity index (χ0n) is 11.6. The zero-order chi connectivity index (χ0) is 15.7. The number of aliphatic hydroxyl groups excluding tert-OH is 3. The van der Waals surface area contributed by atoms with E-state index in [2.05, 4.69) is 4.98 Å². The Kier molecular flexibility index (Phi) is 4.04. The fourth-order valence-corrected chi connectivity index (χ4v) is 2.50. The van der Waals surface area contributed by atoms with Gasteiger partial charge in [-0.2, -0.15) is 0 Å². The molecule has 22 heavy (non-hydrogen) atoms. The van der Waals surface area contributed by atoms with Crippen molar-refractivity contribution < 1.29 is 20.1 Å². The third-order valence-corrected chi connectivity index (χ3v) is 3.71. The molecule has 2 heterocycles. The molecule has 0 saturated carbocycles. The average Bonchev–Trinajstić information content (AvgIpc) is 2.84. The van der Waals surface area contributed by atoms with E-state index in [9.17, 15) is 15.0 Å². The minimum Gasteiger partial charge on any atom is -0.394 e. The SMILES string of the molecule is O=c1ncc(-c2ccccc2)cn1[C@@H]1O[C@H](CO)[C@@H](O)[C@@H]1O. The van der Waals surface area contributed by atoms with Crippen LogP contribution in [0, 0.1) is 0 Å². The molecule has 1 fully saturated rings. The van der Waals surface area contributed by atoms with Crippen molar-refractivity contribution in [1.29, 1.82) is 0 Å². The summed E-state index contributed by atoms with van der Waals surface area (Å²) in [5, 5.41) is 28.9. The molecule has 2 aromatic rings. The molecule has 1 saturated heterocycles. The Hall–Kier alpha value is -2.06. The van der Waals surface area contributed by atoms with Gasteiger partial charge in [0, 0.05) is 18.0 Å². The first kappa shape index (κ1) is 14.9. The number of aromatic nitrogens is 2. The summed E-state index contributed by atoms with van der Waals surface area (Å²) >= 11 is 0. The van der Waals surface area contributed by atoms with Crippen LogP contribution in [-0.2, 0) is 4.74 Å². The molecule has 0 amide bonds. The van der Waals surface area contributed by atoms with Gasteiger partial charge in [-0.05, 0) is 5.56 Å². The Balaban J connectivity index is 1.99. The maximum Gasteiger partial charge on any atom is 0.349 e. The van der Waals surface area contributed by atoms with E-state index in [0.29, 0.717) is 5.56 Å². The van der Waals surface area contributed by atoms with Gasteiger partial charge in [-0.3, -0.25) is 4.57 Å². The number of ether oxygens (including phenoxy) is 1. The standard InChI is InChI=1S/C15H16N2O5/c18-8-11-12(19)13(20)14(22-11)17-7-10(6-16-15(17)21)9-4-2-1-3-5-9/h1-7,11-14,18-20H,8H2/t11-,12-,13+,14-/m1/s1. The lowest BCUT2D eigenvalue weighted by Crippen LogP contribution is -2.35. The normalized spacial score (nSPS) is 28.0. The Labute approximate surface area is 126 Å². The molecular formula is C15H16N2O5. The van der Waals surface area contributed by atoms with Gasteiger partial charge in [0.15, 0.2) is 6.23 Å². The second-order valence-electron chi connectivity index (χ2n) is 5.13. The van der Waals surface area contributed by atoms with Crippen molar-refractivity contribution in [3.05, 3.63) is 53.2 Å². The molecule has 1 aliphatic heterocycles. The predicted molar refractivity (Wildman–Crippen MR) is 76.9 cm³/mol. The molecule has 3 rings (SSSR count). The number of hydrogen-bond acceptors (Lipinski definition) is 6. The summed E-state index contributed by atoms with van der Waals surface area (Å²) in [5.41, 5.74) is 0.933. The van der Waals surface area contributed by atoms with Gasteiger partial charge < -0.3 is 20.1 Å². The van der Waals surface area contributed by atoms with Crippen molar-refractivity contribution >= 4 is 0 Å². The Morgan fingerprint density at radius 1 is 1.14 bits per heavy atom. The number of rotatable bonds is 3. The van der Waals surface area contributed by atoms with E-state index >= 15 is 0 Å². The van der Waals surface area contributed by atoms with E-state index in [4.69, 9.17) is 9.84 Å². The summed E-state index contributed by atoms with van der Waals surface area (Å²) in [5.74, 6) is 0. The highest BCUT2D eigenvalue weighted by molar-refractivity contribution is 5.61. The Morgan fingerprint density at radius 2 is 1.86 bits per heavy atom. The minimum absolute atomic E-state index is 0.449. The molecule has 7 heteroatoms. The monoisotopic (exact) mass is 304 g/mol. The van der Waals surface area contributed by atoms with Gasteiger partial charge in [-0.25, -0.2) is 9.78 Å². The molecule has 1 aromatic carbocycles. The second-order valence-corrected chi connectivity index (χ2v) is 5.13. The molecule has 3 N–H and O–H groups in total. The first-order valence-corrected chi connectivity index (χ1v) is 6.88. The molecule has 0 aliphatic carbocycles. The quantitative estimate of drug-likeness (QED) is 0.707. The molecule has 0 bridgehead atoms. The van der Waals surface area contributed by atoms with Crippen LogP contribution in [0.2, 0.25) is 0 Å². The molecule has 1 aromatic heterocycles. The fraction of sp³-hybridized carbons (Fsp3) is 0.333. The topological polar surface area (TPSA) is 105 Å². The van der Waals surface area contributed by atoms with E-state index < -0.39 is 36.8 Å². The summed E-state index contributed by atoms with van der Waals surface area (Å²) in [7, 11) is 0. The van der Waals surface area contributed by atoms with Crippen LogP contribution >= 0.6 is 0 Å². The molecule has 7 nitrogen and oxygen atoms in total. The predicted octanol–water partition coefficient (Wildman–Crippen LogP) is -0.478. The lowest BCUT2D eigenvalue weighted by atomic mass is 10.1. The van der Waals surface area contributed by atoms with Gasteiger partial charge in [0.25, 0.3) is 0 Å². The van der Waals surface area contributed by atoms with Crippen molar-refractivity contribution in [3.63, 3.8) is 0 Å². The number of nitrogens with zero attached hydrogens (tertiary/aromatic N) is 2. The summed E-state index contributed by atoms with van der Waals surface area (Å²) in [6, 6.07) is 9.32. The van der Waals surface area contributed by atoms with Crippen LogP contribution in [0.3, 0.4) is 0 Å². The molecule has 1 aliphatic rings.